The maximum Gasteiger partial charge on any atom is 0.128 e. The topological polar surface area (TPSA) is 21.3 Å². The zero-order valence-electron chi connectivity index (χ0n) is 11.5. The number of nitrogens with one attached hydrogen (secondary N) is 1. The average Bonchev–Trinajstić information content (AvgIpc) is 2.42. The third-order valence-electron chi connectivity index (χ3n) is 3.00. The zero-order valence-corrected chi connectivity index (χ0v) is 13.1. The molecule has 0 aliphatic rings. The standard InChI is InChI=1S/C16H17BrFNO/c1-3-19-11(2)15-9-8-14(10-16(15)17)20-13-6-4-12(18)5-7-13/h4-11,19H,3H2,1-2H3. The first-order chi connectivity index (χ1) is 9.60. The molecule has 0 radical (unpaired) electrons. The highest BCUT2D eigenvalue weighted by atomic mass is 79.9. The summed E-state index contributed by atoms with van der Waals surface area (Å²) in [7, 11) is 0. The molecule has 0 amide bonds. The van der Waals surface area contributed by atoms with Crippen LogP contribution in [-0.4, -0.2) is 6.54 Å². The third-order valence-corrected chi connectivity index (χ3v) is 3.68. The summed E-state index contributed by atoms with van der Waals surface area (Å²) in [6.07, 6.45) is 0. The summed E-state index contributed by atoms with van der Waals surface area (Å²) in [5.74, 6) is 1.06. The summed E-state index contributed by atoms with van der Waals surface area (Å²) in [5.41, 5.74) is 1.18. The minimum atomic E-state index is -0.270. The van der Waals surface area contributed by atoms with Crippen LogP contribution in [0.3, 0.4) is 0 Å². The van der Waals surface area contributed by atoms with Gasteiger partial charge in [-0.1, -0.05) is 28.9 Å². The first kappa shape index (κ1) is 15.0. The van der Waals surface area contributed by atoms with Gasteiger partial charge in [0.25, 0.3) is 0 Å². The lowest BCUT2D eigenvalue weighted by molar-refractivity contribution is 0.479. The van der Waals surface area contributed by atoms with Gasteiger partial charge in [-0.15, -0.1) is 0 Å². The molecule has 0 fully saturated rings. The van der Waals surface area contributed by atoms with E-state index in [1.54, 1.807) is 12.1 Å². The van der Waals surface area contributed by atoms with E-state index in [0.29, 0.717) is 5.75 Å². The minimum absolute atomic E-state index is 0.270. The highest BCUT2D eigenvalue weighted by molar-refractivity contribution is 9.10. The predicted molar refractivity (Wildman–Crippen MR) is 82.7 cm³/mol. The van der Waals surface area contributed by atoms with Crippen LogP contribution >= 0.6 is 15.9 Å². The molecule has 2 rings (SSSR count). The molecule has 0 aromatic heterocycles. The number of benzene rings is 2. The predicted octanol–water partition coefficient (Wildman–Crippen LogP) is 5.05. The van der Waals surface area contributed by atoms with Crippen LogP contribution in [0.5, 0.6) is 11.5 Å². The first-order valence-electron chi connectivity index (χ1n) is 6.56. The van der Waals surface area contributed by atoms with E-state index in [1.807, 2.05) is 18.2 Å². The molecule has 1 atom stereocenters. The van der Waals surface area contributed by atoms with Crippen LogP contribution in [0.15, 0.2) is 46.9 Å². The maximum atomic E-state index is 12.8. The lowest BCUT2D eigenvalue weighted by Gasteiger charge is -2.15. The Morgan fingerprint density at radius 2 is 1.80 bits per heavy atom. The molecule has 4 heteroatoms. The molecular weight excluding hydrogens is 321 g/mol. The molecule has 1 unspecified atom stereocenters. The van der Waals surface area contributed by atoms with Gasteiger partial charge in [0.15, 0.2) is 0 Å². The van der Waals surface area contributed by atoms with Crippen LogP contribution < -0.4 is 10.1 Å². The lowest BCUT2D eigenvalue weighted by Crippen LogP contribution is -2.17. The van der Waals surface area contributed by atoms with Gasteiger partial charge in [0, 0.05) is 10.5 Å². The second kappa shape index (κ2) is 6.86. The van der Waals surface area contributed by atoms with E-state index in [2.05, 4.69) is 35.1 Å². The minimum Gasteiger partial charge on any atom is -0.457 e. The number of hydrogen-bond donors (Lipinski definition) is 1. The van der Waals surface area contributed by atoms with Crippen molar-refractivity contribution in [1.29, 1.82) is 0 Å². The van der Waals surface area contributed by atoms with Gasteiger partial charge in [-0.05, 0) is 55.4 Å². The smallest absolute Gasteiger partial charge is 0.128 e. The van der Waals surface area contributed by atoms with E-state index in [-0.39, 0.29) is 11.9 Å². The quantitative estimate of drug-likeness (QED) is 0.824. The molecule has 0 heterocycles. The fourth-order valence-corrected chi connectivity index (χ4v) is 2.68. The van der Waals surface area contributed by atoms with E-state index in [0.717, 1.165) is 16.8 Å². The number of halogens is 2. The Bertz CT molecular complexity index is 571. The fraction of sp³-hybridized carbons (Fsp3) is 0.250. The molecule has 106 valence electrons. The van der Waals surface area contributed by atoms with Crippen LogP contribution in [0, 0.1) is 5.82 Å². The molecule has 2 aromatic carbocycles. The molecule has 0 aliphatic heterocycles. The molecule has 0 saturated carbocycles. The molecule has 20 heavy (non-hydrogen) atoms. The molecule has 2 nitrogen and oxygen atoms in total. The molecular formula is C16H17BrFNO. The second-order valence-electron chi connectivity index (χ2n) is 4.52. The molecule has 0 aliphatic carbocycles. The molecule has 0 bridgehead atoms. The van der Waals surface area contributed by atoms with Crippen molar-refractivity contribution in [3.05, 3.63) is 58.3 Å². The van der Waals surface area contributed by atoms with Crippen LogP contribution in [0.25, 0.3) is 0 Å². The summed E-state index contributed by atoms with van der Waals surface area (Å²) in [4.78, 5) is 0. The van der Waals surface area contributed by atoms with Crippen molar-refractivity contribution in [3.8, 4) is 11.5 Å². The Kier molecular flexibility index (Phi) is 5.15. The van der Waals surface area contributed by atoms with Crippen LogP contribution in [0.1, 0.15) is 25.5 Å². The van der Waals surface area contributed by atoms with Gasteiger partial charge in [0.1, 0.15) is 17.3 Å². The van der Waals surface area contributed by atoms with Crippen molar-refractivity contribution >= 4 is 15.9 Å². The van der Waals surface area contributed by atoms with Gasteiger partial charge in [-0.2, -0.15) is 0 Å². The van der Waals surface area contributed by atoms with Gasteiger partial charge in [-0.25, -0.2) is 4.39 Å². The summed E-state index contributed by atoms with van der Waals surface area (Å²) in [6, 6.07) is 12.1. The summed E-state index contributed by atoms with van der Waals surface area (Å²) in [5, 5.41) is 3.37. The van der Waals surface area contributed by atoms with Gasteiger partial charge in [-0.3, -0.25) is 0 Å². The van der Waals surface area contributed by atoms with Crippen molar-refractivity contribution < 1.29 is 9.13 Å². The van der Waals surface area contributed by atoms with Gasteiger partial charge < -0.3 is 10.1 Å². The molecule has 0 spiro atoms. The lowest BCUT2D eigenvalue weighted by atomic mass is 10.1. The second-order valence-corrected chi connectivity index (χ2v) is 5.37. The summed E-state index contributed by atoms with van der Waals surface area (Å²) >= 11 is 3.56. The Hall–Kier alpha value is -1.39. The summed E-state index contributed by atoms with van der Waals surface area (Å²) < 4.78 is 19.5. The largest absolute Gasteiger partial charge is 0.457 e. The first-order valence-corrected chi connectivity index (χ1v) is 7.35. The molecule has 1 N–H and O–H groups in total. The SMILES string of the molecule is CCNC(C)c1ccc(Oc2ccc(F)cc2)cc1Br. The van der Waals surface area contributed by atoms with E-state index >= 15 is 0 Å². The Morgan fingerprint density at radius 1 is 1.15 bits per heavy atom. The fourth-order valence-electron chi connectivity index (χ4n) is 1.98. The van der Waals surface area contributed by atoms with E-state index in [9.17, 15) is 4.39 Å². The zero-order chi connectivity index (χ0) is 14.5. The monoisotopic (exact) mass is 337 g/mol. The highest BCUT2D eigenvalue weighted by Crippen LogP contribution is 2.30. The third kappa shape index (κ3) is 3.81. The number of hydrogen-bond acceptors (Lipinski definition) is 2. The Balaban J connectivity index is 2.14. The van der Waals surface area contributed by atoms with Crippen molar-refractivity contribution in [3.63, 3.8) is 0 Å². The average molecular weight is 338 g/mol. The Morgan fingerprint density at radius 3 is 2.40 bits per heavy atom. The maximum absolute atomic E-state index is 12.8. The van der Waals surface area contributed by atoms with Gasteiger partial charge >= 0.3 is 0 Å². The highest BCUT2D eigenvalue weighted by Gasteiger charge is 2.09. The van der Waals surface area contributed by atoms with E-state index in [4.69, 9.17) is 4.74 Å². The van der Waals surface area contributed by atoms with Gasteiger partial charge in [0.2, 0.25) is 0 Å². The Labute approximate surface area is 127 Å². The molecule has 0 saturated heterocycles. The van der Waals surface area contributed by atoms with Crippen molar-refractivity contribution in [2.75, 3.05) is 6.54 Å². The van der Waals surface area contributed by atoms with E-state index in [1.165, 1.54) is 17.7 Å². The molecule has 2 aromatic rings. The van der Waals surface area contributed by atoms with Crippen molar-refractivity contribution in [1.82, 2.24) is 5.32 Å². The van der Waals surface area contributed by atoms with Crippen molar-refractivity contribution in [2.45, 2.75) is 19.9 Å². The van der Waals surface area contributed by atoms with Gasteiger partial charge in [0.05, 0.1) is 0 Å². The van der Waals surface area contributed by atoms with Crippen LogP contribution in [0.4, 0.5) is 4.39 Å². The van der Waals surface area contributed by atoms with Crippen molar-refractivity contribution in [2.24, 2.45) is 0 Å². The van der Waals surface area contributed by atoms with Crippen LogP contribution in [0.2, 0.25) is 0 Å². The summed E-state index contributed by atoms with van der Waals surface area (Å²) in [6.45, 7) is 5.11. The normalized spacial score (nSPS) is 12.2. The number of ether oxygens (including phenoxy) is 1. The number of rotatable bonds is 5. The van der Waals surface area contributed by atoms with Crippen LogP contribution in [-0.2, 0) is 0 Å². The van der Waals surface area contributed by atoms with E-state index < -0.39 is 0 Å².